The van der Waals surface area contributed by atoms with Crippen LogP contribution < -0.4 is 25.1 Å². The van der Waals surface area contributed by atoms with Gasteiger partial charge in [-0.25, -0.2) is 9.78 Å². The number of carbonyl (C=O) groups excluding carboxylic acids is 1. The second-order valence-corrected chi connectivity index (χ2v) is 7.36. The number of anilines is 1. The SMILES string of the molecule is COc1cc(OC)c(Cl)c(-c2ccc(OC(=O)Nc3ccc(=O)[nH]c3)c3nccnc23)c1Cl. The highest BCUT2D eigenvalue weighted by molar-refractivity contribution is 6.41. The average molecular weight is 487 g/mol. The van der Waals surface area contributed by atoms with E-state index in [1.165, 1.54) is 44.9 Å². The van der Waals surface area contributed by atoms with E-state index in [9.17, 15) is 9.59 Å². The Hall–Kier alpha value is -3.82. The molecule has 4 rings (SSSR count). The number of pyridine rings is 1. The first kappa shape index (κ1) is 22.4. The number of fused-ring (bicyclic) bond motifs is 1. The second-order valence-electron chi connectivity index (χ2n) is 6.60. The standard InChI is InChI=1S/C22H16Cl2N4O5/c1-31-14-9-15(32-2)19(24)17(18(14)23)12-4-5-13(21-20(12)25-7-8-26-21)33-22(30)28-11-3-6-16(29)27-10-11/h3-10H,1-2H3,(H,27,29)(H,28,30). The number of rotatable bonds is 5. The Kier molecular flexibility index (Phi) is 6.34. The zero-order valence-corrected chi connectivity index (χ0v) is 18.8. The van der Waals surface area contributed by atoms with Crippen molar-refractivity contribution in [1.29, 1.82) is 0 Å². The molecular formula is C22H16Cl2N4O5. The number of ether oxygens (including phenoxy) is 3. The van der Waals surface area contributed by atoms with Gasteiger partial charge in [-0.05, 0) is 18.2 Å². The number of nitrogens with zero attached hydrogens (tertiary/aromatic N) is 2. The first-order chi connectivity index (χ1) is 15.9. The van der Waals surface area contributed by atoms with E-state index in [4.69, 9.17) is 37.4 Å². The molecule has 0 spiro atoms. The van der Waals surface area contributed by atoms with Gasteiger partial charge in [0.05, 0.1) is 30.0 Å². The first-order valence-corrected chi connectivity index (χ1v) is 10.2. The van der Waals surface area contributed by atoms with Crippen LogP contribution in [0.15, 0.2) is 53.7 Å². The molecular weight excluding hydrogens is 471 g/mol. The summed E-state index contributed by atoms with van der Waals surface area (Å²) in [4.78, 5) is 34.7. The molecule has 0 fully saturated rings. The molecule has 0 unspecified atom stereocenters. The molecule has 11 heteroatoms. The van der Waals surface area contributed by atoms with E-state index in [1.807, 2.05) is 0 Å². The Morgan fingerprint density at radius 2 is 1.61 bits per heavy atom. The fourth-order valence-corrected chi connectivity index (χ4v) is 3.87. The van der Waals surface area contributed by atoms with E-state index in [-0.39, 0.29) is 21.4 Å². The van der Waals surface area contributed by atoms with Crippen LogP contribution in [-0.2, 0) is 0 Å². The number of hydrogen-bond donors (Lipinski definition) is 2. The van der Waals surface area contributed by atoms with Crippen molar-refractivity contribution in [3.8, 4) is 28.4 Å². The van der Waals surface area contributed by atoms with Gasteiger partial charge in [0.15, 0.2) is 5.75 Å². The number of nitrogens with one attached hydrogen (secondary N) is 2. The van der Waals surface area contributed by atoms with Gasteiger partial charge in [-0.1, -0.05) is 23.2 Å². The van der Waals surface area contributed by atoms with Crippen LogP contribution in [0.2, 0.25) is 10.0 Å². The summed E-state index contributed by atoms with van der Waals surface area (Å²) in [6, 6.07) is 7.52. The lowest BCUT2D eigenvalue weighted by Crippen LogP contribution is -2.18. The van der Waals surface area contributed by atoms with E-state index in [2.05, 4.69) is 20.3 Å². The van der Waals surface area contributed by atoms with E-state index in [0.29, 0.717) is 39.3 Å². The lowest BCUT2D eigenvalue weighted by atomic mass is 10.0. The summed E-state index contributed by atoms with van der Waals surface area (Å²) in [5.41, 5.74) is 1.74. The maximum Gasteiger partial charge on any atom is 0.417 e. The smallest absolute Gasteiger partial charge is 0.417 e. The van der Waals surface area contributed by atoms with Gasteiger partial charge in [-0.3, -0.25) is 15.1 Å². The quantitative estimate of drug-likeness (QED) is 0.411. The third kappa shape index (κ3) is 4.41. The molecule has 0 saturated carbocycles. The Balaban J connectivity index is 1.77. The highest BCUT2D eigenvalue weighted by atomic mass is 35.5. The van der Waals surface area contributed by atoms with Gasteiger partial charge in [-0.2, -0.15) is 0 Å². The summed E-state index contributed by atoms with van der Waals surface area (Å²) in [5.74, 6) is 0.891. The molecule has 0 aliphatic heterocycles. The minimum atomic E-state index is -0.777. The molecule has 0 atom stereocenters. The summed E-state index contributed by atoms with van der Waals surface area (Å²) in [6.07, 6.45) is 3.54. The fourth-order valence-electron chi connectivity index (χ4n) is 3.17. The van der Waals surface area contributed by atoms with Crippen molar-refractivity contribution in [2.45, 2.75) is 0 Å². The van der Waals surface area contributed by atoms with Crippen molar-refractivity contribution in [2.24, 2.45) is 0 Å². The van der Waals surface area contributed by atoms with E-state index in [0.717, 1.165) is 0 Å². The maximum atomic E-state index is 12.4. The van der Waals surface area contributed by atoms with Crippen molar-refractivity contribution >= 4 is 46.0 Å². The maximum absolute atomic E-state index is 12.4. The van der Waals surface area contributed by atoms with E-state index >= 15 is 0 Å². The average Bonchev–Trinajstić information content (AvgIpc) is 2.82. The van der Waals surface area contributed by atoms with Crippen LogP contribution >= 0.6 is 23.2 Å². The lowest BCUT2D eigenvalue weighted by molar-refractivity contribution is 0.215. The molecule has 0 aliphatic rings. The normalized spacial score (nSPS) is 10.7. The highest BCUT2D eigenvalue weighted by Crippen LogP contribution is 2.47. The van der Waals surface area contributed by atoms with Gasteiger partial charge in [0.2, 0.25) is 5.56 Å². The highest BCUT2D eigenvalue weighted by Gasteiger charge is 2.22. The molecule has 2 N–H and O–H groups in total. The zero-order valence-electron chi connectivity index (χ0n) is 17.3. The predicted molar refractivity (Wildman–Crippen MR) is 125 cm³/mol. The van der Waals surface area contributed by atoms with Crippen molar-refractivity contribution in [2.75, 3.05) is 19.5 Å². The Morgan fingerprint density at radius 3 is 2.21 bits per heavy atom. The number of H-pyrrole nitrogens is 1. The third-order valence-electron chi connectivity index (χ3n) is 4.66. The summed E-state index contributed by atoms with van der Waals surface area (Å²) < 4.78 is 16.1. The lowest BCUT2D eigenvalue weighted by Gasteiger charge is -2.16. The monoisotopic (exact) mass is 486 g/mol. The molecule has 0 bridgehead atoms. The van der Waals surface area contributed by atoms with Crippen LogP contribution in [0.1, 0.15) is 0 Å². The van der Waals surface area contributed by atoms with Gasteiger partial charge in [-0.15, -0.1) is 0 Å². The van der Waals surface area contributed by atoms with Gasteiger partial charge >= 0.3 is 6.09 Å². The molecule has 0 aliphatic carbocycles. The Morgan fingerprint density at radius 1 is 0.939 bits per heavy atom. The molecule has 1 amide bonds. The number of carbonyl (C=O) groups is 1. The van der Waals surface area contributed by atoms with Gasteiger partial charge in [0.25, 0.3) is 0 Å². The van der Waals surface area contributed by atoms with Crippen LogP contribution in [0, 0.1) is 0 Å². The summed E-state index contributed by atoms with van der Waals surface area (Å²) in [7, 11) is 2.96. The van der Waals surface area contributed by atoms with Crippen LogP contribution in [-0.4, -0.2) is 35.3 Å². The zero-order chi connectivity index (χ0) is 23.5. The molecule has 2 aromatic heterocycles. The van der Waals surface area contributed by atoms with Crippen molar-refractivity contribution < 1.29 is 19.0 Å². The van der Waals surface area contributed by atoms with Crippen LogP contribution in [0.5, 0.6) is 17.2 Å². The van der Waals surface area contributed by atoms with E-state index in [1.54, 1.807) is 18.2 Å². The molecule has 9 nitrogen and oxygen atoms in total. The number of halogens is 2. The van der Waals surface area contributed by atoms with Crippen LogP contribution in [0.25, 0.3) is 22.2 Å². The number of methoxy groups -OCH3 is 2. The molecule has 2 heterocycles. The largest absolute Gasteiger partial charge is 0.495 e. The van der Waals surface area contributed by atoms with Crippen LogP contribution in [0.4, 0.5) is 10.5 Å². The number of hydrogen-bond acceptors (Lipinski definition) is 7. The number of benzene rings is 2. The van der Waals surface area contributed by atoms with Crippen LogP contribution in [0.3, 0.4) is 0 Å². The van der Waals surface area contributed by atoms with Gasteiger partial charge < -0.3 is 19.2 Å². The molecule has 168 valence electrons. The van der Waals surface area contributed by atoms with E-state index < -0.39 is 6.09 Å². The Labute approximate surface area is 197 Å². The second kappa shape index (κ2) is 9.35. The molecule has 33 heavy (non-hydrogen) atoms. The van der Waals surface area contributed by atoms with Gasteiger partial charge in [0, 0.05) is 41.9 Å². The van der Waals surface area contributed by atoms with Crippen molar-refractivity contribution in [3.63, 3.8) is 0 Å². The molecule has 0 radical (unpaired) electrons. The topological polar surface area (TPSA) is 115 Å². The Bertz CT molecular complexity index is 1380. The number of aromatic nitrogens is 3. The van der Waals surface area contributed by atoms with Gasteiger partial charge in [0.1, 0.15) is 22.5 Å². The number of aromatic amines is 1. The first-order valence-electron chi connectivity index (χ1n) is 9.44. The molecule has 2 aromatic carbocycles. The minimum absolute atomic E-state index is 0.158. The van der Waals surface area contributed by atoms with Crippen molar-refractivity contribution in [1.82, 2.24) is 15.0 Å². The fraction of sp³-hybridized carbons (Fsp3) is 0.0909. The van der Waals surface area contributed by atoms with Crippen molar-refractivity contribution in [3.05, 3.63) is 69.3 Å². The summed E-state index contributed by atoms with van der Waals surface area (Å²) in [6.45, 7) is 0. The predicted octanol–water partition coefficient (Wildman–Crippen LogP) is 4.92. The molecule has 4 aromatic rings. The third-order valence-corrected chi connectivity index (χ3v) is 5.41. The number of amides is 1. The molecule has 0 saturated heterocycles. The minimum Gasteiger partial charge on any atom is -0.495 e. The summed E-state index contributed by atoms with van der Waals surface area (Å²) >= 11 is 13.1. The summed E-state index contributed by atoms with van der Waals surface area (Å²) in [5, 5.41) is 3.05.